The van der Waals surface area contributed by atoms with Crippen LogP contribution in [0.3, 0.4) is 0 Å². The molecular weight excluding hydrogens is 346 g/mol. The zero-order valence-corrected chi connectivity index (χ0v) is 16.0. The van der Waals surface area contributed by atoms with E-state index in [0.29, 0.717) is 6.04 Å². The monoisotopic (exact) mass is 371 g/mol. The number of rotatable bonds is 5. The molecule has 1 aliphatic heterocycles. The summed E-state index contributed by atoms with van der Waals surface area (Å²) < 4.78 is 2.31. The SMILES string of the molecule is CCn1c(CNC2CCN(c3ccccn3)CC2)nc2ccccc21.Cl. The van der Waals surface area contributed by atoms with Gasteiger partial charge in [-0.2, -0.15) is 0 Å². The van der Waals surface area contributed by atoms with Gasteiger partial charge in [-0.05, 0) is 44.0 Å². The van der Waals surface area contributed by atoms with E-state index in [1.54, 1.807) is 0 Å². The molecule has 0 saturated carbocycles. The minimum atomic E-state index is 0. The van der Waals surface area contributed by atoms with Crippen LogP contribution in [0.5, 0.6) is 0 Å². The van der Waals surface area contributed by atoms with Crippen LogP contribution in [-0.2, 0) is 13.1 Å². The number of hydrogen-bond acceptors (Lipinski definition) is 4. The molecular formula is C20H26ClN5. The van der Waals surface area contributed by atoms with Gasteiger partial charge in [0, 0.05) is 31.9 Å². The Morgan fingerprint density at radius 2 is 1.85 bits per heavy atom. The average molecular weight is 372 g/mol. The fourth-order valence-corrected chi connectivity index (χ4v) is 3.70. The van der Waals surface area contributed by atoms with Crippen LogP contribution in [0.15, 0.2) is 48.7 Å². The third-order valence-corrected chi connectivity index (χ3v) is 5.07. The third-order valence-electron chi connectivity index (χ3n) is 5.07. The van der Waals surface area contributed by atoms with Crippen molar-refractivity contribution in [3.63, 3.8) is 0 Å². The van der Waals surface area contributed by atoms with Crippen molar-refractivity contribution in [3.8, 4) is 0 Å². The highest BCUT2D eigenvalue weighted by atomic mass is 35.5. The summed E-state index contributed by atoms with van der Waals surface area (Å²) in [6, 6.07) is 15.1. The van der Waals surface area contributed by atoms with Crippen molar-refractivity contribution < 1.29 is 0 Å². The number of nitrogens with zero attached hydrogens (tertiary/aromatic N) is 4. The summed E-state index contributed by atoms with van der Waals surface area (Å²) in [5, 5.41) is 3.72. The van der Waals surface area contributed by atoms with Gasteiger partial charge in [0.05, 0.1) is 17.6 Å². The van der Waals surface area contributed by atoms with Crippen molar-refractivity contribution >= 4 is 29.3 Å². The van der Waals surface area contributed by atoms with E-state index in [2.05, 4.69) is 63.1 Å². The Labute approximate surface area is 160 Å². The molecule has 0 radical (unpaired) electrons. The molecule has 0 amide bonds. The van der Waals surface area contributed by atoms with E-state index in [-0.39, 0.29) is 12.4 Å². The summed E-state index contributed by atoms with van der Waals surface area (Å²) in [4.78, 5) is 11.6. The normalized spacial score (nSPS) is 15.2. The second-order valence-electron chi connectivity index (χ2n) is 6.59. The maximum absolute atomic E-state index is 4.81. The van der Waals surface area contributed by atoms with E-state index < -0.39 is 0 Å². The lowest BCUT2D eigenvalue weighted by Gasteiger charge is -2.33. The second-order valence-corrected chi connectivity index (χ2v) is 6.59. The highest BCUT2D eigenvalue weighted by Gasteiger charge is 2.20. The van der Waals surface area contributed by atoms with Gasteiger partial charge in [0.15, 0.2) is 0 Å². The van der Waals surface area contributed by atoms with Crippen LogP contribution in [-0.4, -0.2) is 33.7 Å². The van der Waals surface area contributed by atoms with Gasteiger partial charge in [-0.3, -0.25) is 0 Å². The number of nitrogens with one attached hydrogen (secondary N) is 1. The van der Waals surface area contributed by atoms with Crippen LogP contribution in [0.2, 0.25) is 0 Å². The molecule has 6 heteroatoms. The maximum Gasteiger partial charge on any atom is 0.128 e. The van der Waals surface area contributed by atoms with Gasteiger partial charge in [0.2, 0.25) is 0 Å². The van der Waals surface area contributed by atoms with Crippen LogP contribution in [0.25, 0.3) is 11.0 Å². The van der Waals surface area contributed by atoms with Crippen LogP contribution in [0.1, 0.15) is 25.6 Å². The predicted molar refractivity (Wildman–Crippen MR) is 109 cm³/mol. The summed E-state index contributed by atoms with van der Waals surface area (Å²) in [6.07, 6.45) is 4.15. The Morgan fingerprint density at radius 3 is 2.58 bits per heavy atom. The number of benzene rings is 1. The number of aryl methyl sites for hydroxylation is 1. The van der Waals surface area contributed by atoms with Gasteiger partial charge in [-0.1, -0.05) is 18.2 Å². The highest BCUT2D eigenvalue weighted by Crippen LogP contribution is 2.19. The largest absolute Gasteiger partial charge is 0.357 e. The Hall–Kier alpha value is -2.11. The van der Waals surface area contributed by atoms with Gasteiger partial charge in [-0.15, -0.1) is 12.4 Å². The molecule has 1 aromatic carbocycles. The molecule has 1 aliphatic rings. The molecule has 0 spiro atoms. The molecule has 0 unspecified atom stereocenters. The van der Waals surface area contributed by atoms with Crippen LogP contribution in [0.4, 0.5) is 5.82 Å². The quantitative estimate of drug-likeness (QED) is 0.743. The third kappa shape index (κ3) is 3.84. The summed E-state index contributed by atoms with van der Waals surface area (Å²) >= 11 is 0. The maximum atomic E-state index is 4.81. The number of para-hydroxylation sites is 2. The Morgan fingerprint density at radius 1 is 1.08 bits per heavy atom. The standard InChI is InChI=1S/C20H25N5.ClH/c1-2-25-18-8-4-3-7-17(18)23-20(25)15-22-16-10-13-24(14-11-16)19-9-5-6-12-21-19;/h3-9,12,16,22H,2,10-11,13-15H2,1H3;1H. The molecule has 0 atom stereocenters. The van der Waals surface area contributed by atoms with E-state index in [4.69, 9.17) is 4.98 Å². The molecule has 4 rings (SSSR count). The molecule has 3 heterocycles. The summed E-state index contributed by atoms with van der Waals surface area (Å²) in [7, 11) is 0. The number of piperidine rings is 1. The minimum Gasteiger partial charge on any atom is -0.357 e. The van der Waals surface area contributed by atoms with E-state index in [9.17, 15) is 0 Å². The number of halogens is 1. The molecule has 2 aromatic heterocycles. The van der Waals surface area contributed by atoms with E-state index in [1.165, 1.54) is 5.52 Å². The van der Waals surface area contributed by atoms with Crippen molar-refractivity contribution in [3.05, 3.63) is 54.5 Å². The molecule has 5 nitrogen and oxygen atoms in total. The molecule has 0 aliphatic carbocycles. The summed E-state index contributed by atoms with van der Waals surface area (Å²) in [5.41, 5.74) is 2.32. The highest BCUT2D eigenvalue weighted by molar-refractivity contribution is 5.85. The lowest BCUT2D eigenvalue weighted by atomic mass is 10.1. The smallest absolute Gasteiger partial charge is 0.128 e. The lowest BCUT2D eigenvalue weighted by Crippen LogP contribution is -2.42. The number of pyridine rings is 1. The Balaban J connectivity index is 0.00000196. The van der Waals surface area contributed by atoms with E-state index >= 15 is 0 Å². The fourth-order valence-electron chi connectivity index (χ4n) is 3.70. The van der Waals surface area contributed by atoms with Gasteiger partial charge in [0.1, 0.15) is 11.6 Å². The van der Waals surface area contributed by atoms with Crippen molar-refractivity contribution in [2.75, 3.05) is 18.0 Å². The summed E-state index contributed by atoms with van der Waals surface area (Å²) in [5.74, 6) is 2.23. The number of imidazole rings is 1. The number of aromatic nitrogens is 3. The number of anilines is 1. The number of fused-ring (bicyclic) bond motifs is 1. The van der Waals surface area contributed by atoms with Gasteiger partial charge in [-0.25, -0.2) is 9.97 Å². The van der Waals surface area contributed by atoms with Gasteiger partial charge >= 0.3 is 0 Å². The minimum absolute atomic E-state index is 0. The molecule has 26 heavy (non-hydrogen) atoms. The Kier molecular flexibility index (Phi) is 6.12. The van der Waals surface area contributed by atoms with E-state index in [1.807, 2.05) is 12.3 Å². The zero-order valence-electron chi connectivity index (χ0n) is 15.1. The first-order chi connectivity index (χ1) is 12.3. The summed E-state index contributed by atoms with van der Waals surface area (Å²) in [6.45, 7) is 6.08. The van der Waals surface area contributed by atoms with Crippen molar-refractivity contribution in [1.82, 2.24) is 19.9 Å². The molecule has 1 N–H and O–H groups in total. The van der Waals surface area contributed by atoms with Crippen molar-refractivity contribution in [2.24, 2.45) is 0 Å². The molecule has 1 fully saturated rings. The molecule has 1 saturated heterocycles. The second kappa shape index (κ2) is 8.52. The lowest BCUT2D eigenvalue weighted by molar-refractivity contribution is 0.405. The van der Waals surface area contributed by atoms with Crippen molar-refractivity contribution in [1.29, 1.82) is 0 Å². The first-order valence-corrected chi connectivity index (χ1v) is 9.18. The van der Waals surface area contributed by atoms with Crippen LogP contribution in [0, 0.1) is 0 Å². The topological polar surface area (TPSA) is 46.0 Å². The Bertz CT molecular complexity index is 825. The van der Waals surface area contributed by atoms with Gasteiger partial charge in [0.25, 0.3) is 0 Å². The average Bonchev–Trinajstić information content (AvgIpc) is 3.05. The predicted octanol–water partition coefficient (Wildman–Crippen LogP) is 3.63. The molecule has 0 bridgehead atoms. The zero-order chi connectivity index (χ0) is 17.1. The molecule has 138 valence electrons. The fraction of sp³-hybridized carbons (Fsp3) is 0.400. The first kappa shape index (κ1) is 18.7. The van der Waals surface area contributed by atoms with Crippen LogP contribution < -0.4 is 10.2 Å². The van der Waals surface area contributed by atoms with Gasteiger partial charge < -0.3 is 14.8 Å². The van der Waals surface area contributed by atoms with Crippen molar-refractivity contribution in [2.45, 2.75) is 38.9 Å². The first-order valence-electron chi connectivity index (χ1n) is 9.18. The molecule has 3 aromatic rings. The number of hydrogen-bond donors (Lipinski definition) is 1. The van der Waals surface area contributed by atoms with E-state index in [0.717, 1.165) is 56.2 Å². The van der Waals surface area contributed by atoms with Crippen LogP contribution >= 0.6 is 12.4 Å².